The molecule has 1 N–H and O–H groups in total. The fourth-order valence-electron chi connectivity index (χ4n) is 3.36. The van der Waals surface area contributed by atoms with Gasteiger partial charge >= 0.3 is 0 Å². The van der Waals surface area contributed by atoms with E-state index in [-0.39, 0.29) is 5.91 Å². The van der Waals surface area contributed by atoms with Gasteiger partial charge in [0.1, 0.15) is 6.33 Å². The van der Waals surface area contributed by atoms with E-state index in [2.05, 4.69) is 38.6 Å². The molecule has 29 heavy (non-hydrogen) atoms. The number of aromatic amines is 1. The average molecular weight is 388 g/mol. The van der Waals surface area contributed by atoms with Crippen LogP contribution in [-0.4, -0.2) is 49.2 Å². The molecule has 0 unspecified atom stereocenters. The fourth-order valence-corrected chi connectivity index (χ4v) is 3.36. The lowest BCUT2D eigenvalue weighted by Gasteiger charge is -2.17. The number of hydrogen-bond donors (Lipinski definition) is 1. The maximum Gasteiger partial charge on any atom is 0.255 e. The quantitative estimate of drug-likeness (QED) is 0.468. The molecule has 0 radical (unpaired) electrons. The van der Waals surface area contributed by atoms with Crippen molar-refractivity contribution in [3.8, 4) is 11.3 Å². The highest BCUT2D eigenvalue weighted by Gasteiger charge is 2.12. The average Bonchev–Trinajstić information content (AvgIpc) is 3.42. The number of nitrogens with zero attached hydrogens (tertiary/aromatic N) is 5. The summed E-state index contributed by atoms with van der Waals surface area (Å²) in [5, 5.41) is 15.3. The molecule has 1 aromatic carbocycles. The predicted molar refractivity (Wildman–Crippen MR) is 112 cm³/mol. The standard InChI is InChI=1S/C22H24N6O/c1-27(22(29)18-11-12-21-26-23-16-28(21)15-18)13-7-3-6-10-19-14-20(25-24-19)17-8-4-2-5-9-17/h2,4-5,8-9,11-12,14-16H,3,6-7,10,13H2,1H3,(H,24,25). The maximum atomic E-state index is 12.6. The smallest absolute Gasteiger partial charge is 0.255 e. The molecule has 1 amide bonds. The monoisotopic (exact) mass is 388 g/mol. The zero-order valence-corrected chi connectivity index (χ0v) is 16.5. The third-order valence-corrected chi connectivity index (χ3v) is 5.02. The Bertz CT molecular complexity index is 1080. The van der Waals surface area contributed by atoms with E-state index in [1.165, 1.54) is 0 Å². The molecule has 0 atom stereocenters. The summed E-state index contributed by atoms with van der Waals surface area (Å²) in [6.45, 7) is 0.733. The Morgan fingerprint density at radius 1 is 1.10 bits per heavy atom. The van der Waals surface area contributed by atoms with Crippen LogP contribution in [0.1, 0.15) is 35.3 Å². The van der Waals surface area contributed by atoms with Gasteiger partial charge in [-0.25, -0.2) is 0 Å². The predicted octanol–water partition coefficient (Wildman–Crippen LogP) is 3.60. The molecule has 0 aliphatic heterocycles. The molecule has 0 fully saturated rings. The van der Waals surface area contributed by atoms with Crippen LogP contribution >= 0.6 is 0 Å². The molecule has 148 valence electrons. The minimum atomic E-state index is 0.0154. The minimum Gasteiger partial charge on any atom is -0.342 e. The number of carbonyl (C=O) groups excluding carboxylic acids is 1. The summed E-state index contributed by atoms with van der Waals surface area (Å²) in [6.07, 6.45) is 7.42. The Morgan fingerprint density at radius 2 is 1.97 bits per heavy atom. The topological polar surface area (TPSA) is 79.2 Å². The highest BCUT2D eigenvalue weighted by Crippen LogP contribution is 2.18. The van der Waals surface area contributed by atoms with Crippen LogP contribution in [-0.2, 0) is 6.42 Å². The molecule has 7 heteroatoms. The molecule has 0 bridgehead atoms. The lowest BCUT2D eigenvalue weighted by molar-refractivity contribution is 0.0792. The van der Waals surface area contributed by atoms with Gasteiger partial charge in [0.2, 0.25) is 0 Å². The number of rotatable bonds is 8. The van der Waals surface area contributed by atoms with Crippen LogP contribution in [0, 0.1) is 0 Å². The van der Waals surface area contributed by atoms with E-state index in [1.54, 1.807) is 27.9 Å². The number of aryl methyl sites for hydroxylation is 1. The summed E-state index contributed by atoms with van der Waals surface area (Å²) in [4.78, 5) is 14.4. The summed E-state index contributed by atoms with van der Waals surface area (Å²) in [5.41, 5.74) is 4.63. The first kappa shape index (κ1) is 18.9. The molecule has 7 nitrogen and oxygen atoms in total. The third-order valence-electron chi connectivity index (χ3n) is 5.02. The molecule has 4 rings (SSSR count). The van der Waals surface area contributed by atoms with Crippen molar-refractivity contribution in [3.63, 3.8) is 0 Å². The number of carbonyl (C=O) groups is 1. The fraction of sp³-hybridized carbons (Fsp3) is 0.273. The van der Waals surface area contributed by atoms with E-state index in [0.29, 0.717) is 5.56 Å². The Labute approximate surface area is 169 Å². The van der Waals surface area contributed by atoms with Gasteiger partial charge in [-0.1, -0.05) is 36.8 Å². The molecule has 0 aliphatic carbocycles. The molecule has 0 spiro atoms. The van der Waals surface area contributed by atoms with E-state index < -0.39 is 0 Å². The number of hydrogen-bond acceptors (Lipinski definition) is 4. The zero-order valence-electron chi connectivity index (χ0n) is 16.5. The summed E-state index contributed by atoms with van der Waals surface area (Å²) < 4.78 is 1.76. The third kappa shape index (κ3) is 4.51. The van der Waals surface area contributed by atoms with Gasteiger partial charge in [-0.3, -0.25) is 14.3 Å². The van der Waals surface area contributed by atoms with Crippen LogP contribution in [0.3, 0.4) is 0 Å². The highest BCUT2D eigenvalue weighted by molar-refractivity contribution is 5.94. The van der Waals surface area contributed by atoms with Crippen molar-refractivity contribution in [2.75, 3.05) is 13.6 Å². The van der Waals surface area contributed by atoms with Crippen LogP contribution < -0.4 is 0 Å². The first-order valence-corrected chi connectivity index (χ1v) is 9.85. The normalized spacial score (nSPS) is 11.1. The lowest BCUT2D eigenvalue weighted by atomic mass is 10.1. The van der Waals surface area contributed by atoms with Crippen LogP contribution in [0.25, 0.3) is 16.9 Å². The van der Waals surface area contributed by atoms with Crippen LogP contribution in [0.4, 0.5) is 0 Å². The summed E-state index contributed by atoms with van der Waals surface area (Å²) >= 11 is 0. The molecule has 0 saturated heterocycles. The second kappa shape index (κ2) is 8.68. The Balaban J connectivity index is 1.21. The Hall–Kier alpha value is -3.48. The van der Waals surface area contributed by atoms with Gasteiger partial charge in [-0.15, -0.1) is 10.2 Å². The van der Waals surface area contributed by atoms with Crippen molar-refractivity contribution in [1.82, 2.24) is 29.7 Å². The first-order valence-electron chi connectivity index (χ1n) is 9.85. The van der Waals surface area contributed by atoms with E-state index in [1.807, 2.05) is 31.3 Å². The number of H-pyrrole nitrogens is 1. The van der Waals surface area contributed by atoms with Gasteiger partial charge in [0.15, 0.2) is 5.65 Å². The van der Waals surface area contributed by atoms with Gasteiger partial charge in [0.05, 0.1) is 11.3 Å². The van der Waals surface area contributed by atoms with Crippen molar-refractivity contribution >= 4 is 11.6 Å². The molecule has 3 heterocycles. The van der Waals surface area contributed by atoms with Gasteiger partial charge in [0.25, 0.3) is 5.91 Å². The van der Waals surface area contributed by atoms with Gasteiger partial charge in [-0.05, 0) is 37.5 Å². The van der Waals surface area contributed by atoms with Crippen molar-refractivity contribution in [2.45, 2.75) is 25.7 Å². The number of aromatic nitrogens is 5. The number of fused-ring (bicyclic) bond motifs is 1. The van der Waals surface area contributed by atoms with Crippen LogP contribution in [0.5, 0.6) is 0 Å². The minimum absolute atomic E-state index is 0.0154. The SMILES string of the molecule is CN(CCCCCc1cc(-c2ccccc2)n[nH]1)C(=O)c1ccc2nncn2c1. The van der Waals surface area contributed by atoms with Crippen molar-refractivity contribution in [2.24, 2.45) is 0 Å². The maximum absolute atomic E-state index is 12.6. The number of unbranched alkanes of at least 4 members (excludes halogenated alkanes) is 2. The Kier molecular flexibility index (Phi) is 5.65. The molecular formula is C22H24N6O. The number of pyridine rings is 1. The first-order chi connectivity index (χ1) is 14.2. The van der Waals surface area contributed by atoms with Gasteiger partial charge in [-0.2, -0.15) is 5.10 Å². The lowest BCUT2D eigenvalue weighted by Crippen LogP contribution is -2.27. The summed E-state index contributed by atoms with van der Waals surface area (Å²) in [5.74, 6) is 0.0154. The van der Waals surface area contributed by atoms with E-state index >= 15 is 0 Å². The summed E-state index contributed by atoms with van der Waals surface area (Å²) in [7, 11) is 1.85. The molecule has 0 saturated carbocycles. The van der Waals surface area contributed by atoms with Gasteiger partial charge < -0.3 is 4.90 Å². The second-order valence-electron chi connectivity index (χ2n) is 7.20. The summed E-state index contributed by atoms with van der Waals surface area (Å²) in [6, 6.07) is 15.9. The van der Waals surface area contributed by atoms with Crippen molar-refractivity contribution in [1.29, 1.82) is 0 Å². The van der Waals surface area contributed by atoms with E-state index in [0.717, 1.165) is 54.8 Å². The largest absolute Gasteiger partial charge is 0.342 e. The van der Waals surface area contributed by atoms with Crippen LogP contribution in [0.15, 0.2) is 61.1 Å². The molecule has 0 aliphatic rings. The van der Waals surface area contributed by atoms with E-state index in [9.17, 15) is 4.79 Å². The zero-order chi connectivity index (χ0) is 20.1. The van der Waals surface area contributed by atoms with Crippen molar-refractivity contribution < 1.29 is 4.79 Å². The molecule has 3 aromatic heterocycles. The van der Waals surface area contributed by atoms with Crippen molar-refractivity contribution in [3.05, 3.63) is 72.3 Å². The highest BCUT2D eigenvalue weighted by atomic mass is 16.2. The van der Waals surface area contributed by atoms with Gasteiger partial charge in [0, 0.05) is 31.0 Å². The number of amides is 1. The molecule has 4 aromatic rings. The number of nitrogens with one attached hydrogen (secondary N) is 1. The van der Waals surface area contributed by atoms with E-state index in [4.69, 9.17) is 0 Å². The molecular weight excluding hydrogens is 364 g/mol. The second-order valence-corrected chi connectivity index (χ2v) is 7.20. The number of benzene rings is 1. The van der Waals surface area contributed by atoms with Crippen LogP contribution in [0.2, 0.25) is 0 Å². The Morgan fingerprint density at radius 3 is 2.83 bits per heavy atom.